The Bertz CT molecular complexity index is 981. The lowest BCUT2D eigenvalue weighted by molar-refractivity contribution is -0.382. The predicted octanol–water partition coefficient (Wildman–Crippen LogP) is 3.28. The van der Waals surface area contributed by atoms with Crippen molar-refractivity contribution >= 4 is 22.1 Å². The van der Waals surface area contributed by atoms with Gasteiger partial charge in [0.1, 0.15) is 17.3 Å². The molecule has 0 saturated heterocycles. The summed E-state index contributed by atoms with van der Waals surface area (Å²) in [7, 11) is 0. The van der Waals surface area contributed by atoms with Crippen molar-refractivity contribution in [3.63, 3.8) is 0 Å². The van der Waals surface area contributed by atoms with E-state index in [2.05, 4.69) is 38.9 Å². The summed E-state index contributed by atoms with van der Waals surface area (Å²) in [6.07, 6.45) is 4.86. The summed E-state index contributed by atoms with van der Waals surface area (Å²) in [5, 5.41) is 25.0. The largest absolute Gasteiger partial charge is 0.375 e. The minimum atomic E-state index is -0.334. The van der Waals surface area contributed by atoms with Gasteiger partial charge in [-0.15, -0.1) is 10.2 Å². The molecule has 0 amide bonds. The number of nitro benzene ring substituents is 1. The maximum Gasteiger partial charge on any atom is 0.301 e. The van der Waals surface area contributed by atoms with Gasteiger partial charge in [-0.05, 0) is 23.9 Å². The number of pyridine rings is 1. The molecule has 0 aliphatic carbocycles. The number of benzene rings is 1. The van der Waals surface area contributed by atoms with Crippen LogP contribution in [0.25, 0.3) is 10.8 Å². The molecular formula is C18H20N6O2. The van der Waals surface area contributed by atoms with Crippen LogP contribution in [0.15, 0.2) is 30.6 Å². The van der Waals surface area contributed by atoms with Crippen molar-refractivity contribution in [3.05, 3.63) is 52.4 Å². The molecule has 8 heteroatoms. The van der Waals surface area contributed by atoms with Gasteiger partial charge in [-0.2, -0.15) is 0 Å². The summed E-state index contributed by atoms with van der Waals surface area (Å²) >= 11 is 0. The lowest BCUT2D eigenvalue weighted by atomic mass is 10.0. The van der Waals surface area contributed by atoms with Gasteiger partial charge in [-0.1, -0.05) is 19.9 Å². The summed E-state index contributed by atoms with van der Waals surface area (Å²) in [5.74, 6) is 2.24. The third kappa shape index (κ3) is 2.77. The molecule has 1 aromatic carbocycles. The minimum Gasteiger partial charge on any atom is -0.375 e. The van der Waals surface area contributed by atoms with Gasteiger partial charge >= 0.3 is 5.69 Å². The van der Waals surface area contributed by atoms with Crippen LogP contribution >= 0.6 is 0 Å². The van der Waals surface area contributed by atoms with E-state index in [4.69, 9.17) is 0 Å². The smallest absolute Gasteiger partial charge is 0.301 e. The van der Waals surface area contributed by atoms with Gasteiger partial charge in [0, 0.05) is 37.3 Å². The van der Waals surface area contributed by atoms with Gasteiger partial charge in [0.2, 0.25) is 0 Å². The van der Waals surface area contributed by atoms with Crippen LogP contribution in [0.3, 0.4) is 0 Å². The Morgan fingerprint density at radius 3 is 2.92 bits per heavy atom. The molecule has 0 spiro atoms. The number of fused-ring (bicyclic) bond motifs is 2. The maximum absolute atomic E-state index is 11.7. The highest BCUT2D eigenvalue weighted by molar-refractivity contribution is 5.95. The Morgan fingerprint density at radius 1 is 1.31 bits per heavy atom. The third-order valence-corrected chi connectivity index (χ3v) is 4.83. The monoisotopic (exact) mass is 352 g/mol. The molecule has 0 saturated carbocycles. The van der Waals surface area contributed by atoms with E-state index in [9.17, 15) is 10.1 Å². The molecule has 1 unspecified atom stereocenters. The van der Waals surface area contributed by atoms with E-state index in [1.165, 1.54) is 0 Å². The standard InChI is InChI=1S/C18H20N6O2/c1-11(2)18-22-21-16-6-4-13(10-23(16)18)20-15-5-3-12-7-8-19-9-14(12)17(15)24(25)26/h3,5,7-9,11,13,20H,4,6,10H2,1-2H3. The van der Waals surface area contributed by atoms with Gasteiger partial charge in [0.05, 0.1) is 10.3 Å². The zero-order valence-electron chi connectivity index (χ0n) is 14.7. The fraction of sp³-hybridized carbons (Fsp3) is 0.389. The van der Waals surface area contributed by atoms with Gasteiger partial charge in [-0.3, -0.25) is 15.1 Å². The Hall–Kier alpha value is -3.03. The first kappa shape index (κ1) is 16.4. The molecule has 3 heterocycles. The second kappa shape index (κ2) is 6.36. The molecule has 3 aromatic rings. The number of nitrogens with one attached hydrogen (secondary N) is 1. The van der Waals surface area contributed by atoms with Crippen molar-refractivity contribution in [3.8, 4) is 0 Å². The molecule has 1 atom stereocenters. The van der Waals surface area contributed by atoms with Gasteiger partial charge in [0.25, 0.3) is 0 Å². The van der Waals surface area contributed by atoms with Crippen LogP contribution in [0, 0.1) is 10.1 Å². The highest BCUT2D eigenvalue weighted by Crippen LogP contribution is 2.34. The topological polar surface area (TPSA) is 98.8 Å². The lowest BCUT2D eigenvalue weighted by Gasteiger charge is -2.26. The molecule has 0 fully saturated rings. The van der Waals surface area contributed by atoms with E-state index in [-0.39, 0.29) is 22.6 Å². The van der Waals surface area contributed by atoms with Gasteiger partial charge in [-0.25, -0.2) is 0 Å². The Balaban J connectivity index is 1.67. The van der Waals surface area contributed by atoms with Crippen LogP contribution in [0.4, 0.5) is 11.4 Å². The van der Waals surface area contributed by atoms with Crippen molar-refractivity contribution in [1.82, 2.24) is 19.7 Å². The Morgan fingerprint density at radius 2 is 2.15 bits per heavy atom. The van der Waals surface area contributed by atoms with Crippen molar-refractivity contribution in [2.45, 2.75) is 45.2 Å². The average molecular weight is 352 g/mol. The highest BCUT2D eigenvalue weighted by Gasteiger charge is 2.26. The highest BCUT2D eigenvalue weighted by atomic mass is 16.6. The van der Waals surface area contributed by atoms with E-state index < -0.39 is 0 Å². The number of nitrogens with zero attached hydrogens (tertiary/aromatic N) is 5. The summed E-state index contributed by atoms with van der Waals surface area (Å²) in [4.78, 5) is 15.4. The minimum absolute atomic E-state index is 0.0780. The van der Waals surface area contributed by atoms with Crippen LogP contribution in [-0.4, -0.2) is 30.7 Å². The molecule has 8 nitrogen and oxygen atoms in total. The number of nitro groups is 1. The molecule has 2 aromatic heterocycles. The normalized spacial score (nSPS) is 16.7. The van der Waals surface area contributed by atoms with Gasteiger partial charge < -0.3 is 9.88 Å². The first-order valence-electron chi connectivity index (χ1n) is 8.74. The molecule has 4 rings (SSSR count). The van der Waals surface area contributed by atoms with Crippen LogP contribution in [-0.2, 0) is 13.0 Å². The summed E-state index contributed by atoms with van der Waals surface area (Å²) in [6.45, 7) is 4.89. The molecule has 1 N–H and O–H groups in total. The number of hydrogen-bond donors (Lipinski definition) is 1. The SMILES string of the molecule is CC(C)c1nnc2n1CC(Nc1ccc3ccncc3c1[N+](=O)[O-])CC2. The number of anilines is 1. The van der Waals surface area contributed by atoms with Crippen molar-refractivity contribution in [2.75, 3.05) is 5.32 Å². The van der Waals surface area contributed by atoms with Crippen LogP contribution < -0.4 is 5.32 Å². The third-order valence-electron chi connectivity index (χ3n) is 4.83. The second-order valence-electron chi connectivity index (χ2n) is 6.94. The Kier molecular flexibility index (Phi) is 4.02. The average Bonchev–Trinajstić information content (AvgIpc) is 3.04. The molecule has 0 bridgehead atoms. The summed E-state index contributed by atoms with van der Waals surface area (Å²) in [5.41, 5.74) is 0.609. The summed E-state index contributed by atoms with van der Waals surface area (Å²) in [6, 6.07) is 5.54. The van der Waals surface area contributed by atoms with E-state index in [1.807, 2.05) is 6.07 Å². The Labute approximate surface area is 150 Å². The first-order chi connectivity index (χ1) is 12.5. The molecular weight excluding hydrogens is 332 g/mol. The molecule has 1 aliphatic heterocycles. The molecule has 26 heavy (non-hydrogen) atoms. The summed E-state index contributed by atoms with van der Waals surface area (Å²) < 4.78 is 2.14. The maximum atomic E-state index is 11.7. The number of rotatable bonds is 4. The van der Waals surface area contributed by atoms with Gasteiger partial charge in [0.15, 0.2) is 0 Å². The van der Waals surface area contributed by atoms with Crippen LogP contribution in [0.2, 0.25) is 0 Å². The van der Waals surface area contributed by atoms with Crippen molar-refractivity contribution in [2.24, 2.45) is 0 Å². The number of hydrogen-bond acceptors (Lipinski definition) is 6. The number of aromatic nitrogens is 4. The molecule has 1 aliphatic rings. The van der Waals surface area contributed by atoms with E-state index >= 15 is 0 Å². The zero-order valence-corrected chi connectivity index (χ0v) is 14.7. The number of aryl methyl sites for hydroxylation is 1. The van der Waals surface area contributed by atoms with Crippen molar-refractivity contribution in [1.29, 1.82) is 0 Å². The second-order valence-corrected chi connectivity index (χ2v) is 6.94. The lowest BCUT2D eigenvalue weighted by Crippen LogP contribution is -2.32. The van der Waals surface area contributed by atoms with Crippen LogP contribution in [0.1, 0.15) is 37.8 Å². The predicted molar refractivity (Wildman–Crippen MR) is 98.2 cm³/mol. The first-order valence-corrected chi connectivity index (χ1v) is 8.74. The fourth-order valence-corrected chi connectivity index (χ4v) is 3.57. The quantitative estimate of drug-likeness (QED) is 0.571. The molecule has 134 valence electrons. The zero-order chi connectivity index (χ0) is 18.3. The fourth-order valence-electron chi connectivity index (χ4n) is 3.57. The van der Waals surface area contributed by atoms with E-state index in [0.29, 0.717) is 17.6 Å². The van der Waals surface area contributed by atoms with Crippen molar-refractivity contribution < 1.29 is 4.92 Å². The molecule has 0 radical (unpaired) electrons. The van der Waals surface area contributed by atoms with Crippen LogP contribution in [0.5, 0.6) is 0 Å². The van der Waals surface area contributed by atoms with E-state index in [0.717, 1.165) is 29.9 Å². The van der Waals surface area contributed by atoms with E-state index in [1.54, 1.807) is 24.5 Å².